The topological polar surface area (TPSA) is 0 Å². The van der Waals surface area contributed by atoms with Crippen molar-refractivity contribution in [2.24, 2.45) is 34.5 Å². The van der Waals surface area contributed by atoms with Crippen LogP contribution in [0.2, 0.25) is 0 Å². The predicted molar refractivity (Wildman–Crippen MR) is 130 cm³/mol. The van der Waals surface area contributed by atoms with Crippen LogP contribution in [0.4, 0.5) is 0 Å². The van der Waals surface area contributed by atoms with Crippen molar-refractivity contribution >= 4 is 0 Å². The highest BCUT2D eigenvalue weighted by molar-refractivity contribution is 5.10. The van der Waals surface area contributed by atoms with Gasteiger partial charge in [0.1, 0.15) is 0 Å². The van der Waals surface area contributed by atoms with Crippen molar-refractivity contribution < 1.29 is 56.9 Å². The van der Waals surface area contributed by atoms with E-state index >= 15 is 0 Å². The quantitative estimate of drug-likeness (QED) is 0.290. The highest BCUT2D eigenvalue weighted by Crippen LogP contribution is 2.67. The summed E-state index contributed by atoms with van der Waals surface area (Å²) in [5.74, 6) is 4.20. The lowest BCUT2D eigenvalue weighted by Gasteiger charge is -2.62. The largest absolute Gasteiger partial charge is 1.00 e. The van der Waals surface area contributed by atoms with Gasteiger partial charge in [-0.15, -0.1) is 0 Å². The standard InChI is InChI=1S/C29H52N2.2HI/c1-28-15-13-23(30(3)17-5-6-18-30)21-22(28)9-10-24-25-11-12-27(31(4)19-7-8-20-31)29(25,2)16-14-26(24)28;;/h22-27H,5-21H2,1-4H3;2*1H/q+2;;/p-2/t22-,23+,24-,25-,26-,27-,28-,29-;;/m0../s1. The summed E-state index contributed by atoms with van der Waals surface area (Å²) < 4.78 is 2.86. The van der Waals surface area contributed by atoms with Gasteiger partial charge in [-0.1, -0.05) is 13.8 Å². The number of quaternary nitrogens is 2. The first-order valence-electron chi connectivity index (χ1n) is 14.5. The molecule has 4 aliphatic carbocycles. The molecule has 0 radical (unpaired) electrons. The van der Waals surface area contributed by atoms with Crippen LogP contribution in [0.3, 0.4) is 0 Å². The molecule has 4 saturated carbocycles. The molecule has 4 heteroatoms. The van der Waals surface area contributed by atoms with E-state index in [2.05, 4.69) is 27.9 Å². The molecule has 8 atom stereocenters. The van der Waals surface area contributed by atoms with Crippen molar-refractivity contribution in [2.45, 2.75) is 109 Å². The van der Waals surface area contributed by atoms with E-state index in [4.69, 9.17) is 0 Å². The Morgan fingerprint density at radius 1 is 0.606 bits per heavy atom. The van der Waals surface area contributed by atoms with Gasteiger partial charge in [-0.05, 0) is 74.0 Å². The van der Waals surface area contributed by atoms with E-state index in [9.17, 15) is 0 Å². The first-order valence-corrected chi connectivity index (χ1v) is 14.5. The molecule has 6 aliphatic rings. The second-order valence-corrected chi connectivity index (χ2v) is 14.5. The number of fused-ring (bicyclic) bond motifs is 5. The Hall–Kier alpha value is 1.38. The smallest absolute Gasteiger partial charge is 0.0945 e. The third kappa shape index (κ3) is 4.11. The maximum absolute atomic E-state index is 2.79. The Labute approximate surface area is 239 Å². The van der Waals surface area contributed by atoms with E-state index in [1.807, 2.05) is 0 Å². The fourth-order valence-electron chi connectivity index (χ4n) is 11.6. The van der Waals surface area contributed by atoms with Gasteiger partial charge in [-0.2, -0.15) is 0 Å². The van der Waals surface area contributed by atoms with Crippen molar-refractivity contribution in [3.8, 4) is 0 Å². The molecule has 0 aromatic heterocycles. The first-order chi connectivity index (χ1) is 14.8. The number of hydrogen-bond acceptors (Lipinski definition) is 0. The number of likely N-dealkylation sites (tertiary alicyclic amines) is 2. The van der Waals surface area contributed by atoms with Gasteiger partial charge in [0.15, 0.2) is 0 Å². The molecular weight excluding hydrogens is 630 g/mol. The van der Waals surface area contributed by atoms with Crippen molar-refractivity contribution in [1.29, 1.82) is 0 Å². The summed E-state index contributed by atoms with van der Waals surface area (Å²) in [6.07, 6.45) is 20.0. The summed E-state index contributed by atoms with van der Waals surface area (Å²) in [5, 5.41) is 0. The van der Waals surface area contributed by atoms with Gasteiger partial charge in [0.25, 0.3) is 0 Å². The molecule has 2 nitrogen and oxygen atoms in total. The van der Waals surface area contributed by atoms with Crippen LogP contribution in [0.5, 0.6) is 0 Å². The van der Waals surface area contributed by atoms with Crippen LogP contribution in [0.15, 0.2) is 0 Å². The summed E-state index contributed by atoms with van der Waals surface area (Å²) in [5.41, 5.74) is 1.32. The average molecular weight is 683 g/mol. The summed E-state index contributed by atoms with van der Waals surface area (Å²) >= 11 is 0. The van der Waals surface area contributed by atoms with E-state index in [1.54, 1.807) is 51.4 Å². The molecular formula is C29H52I2N2. The second-order valence-electron chi connectivity index (χ2n) is 14.5. The zero-order valence-electron chi connectivity index (χ0n) is 22.1. The predicted octanol–water partition coefficient (Wildman–Crippen LogP) is 0.255. The Balaban J connectivity index is 0.00000130. The Morgan fingerprint density at radius 3 is 1.85 bits per heavy atom. The minimum absolute atomic E-state index is 0. The number of halogens is 2. The Kier molecular flexibility index (Phi) is 7.98. The van der Waals surface area contributed by atoms with E-state index in [-0.39, 0.29) is 48.0 Å². The number of hydrogen-bond donors (Lipinski definition) is 0. The molecule has 6 rings (SSSR count). The third-order valence-electron chi connectivity index (χ3n) is 13.4. The normalized spacial score (nSPS) is 49.8. The van der Waals surface area contributed by atoms with Gasteiger partial charge in [0.2, 0.25) is 0 Å². The van der Waals surface area contributed by atoms with Crippen LogP contribution >= 0.6 is 0 Å². The molecule has 33 heavy (non-hydrogen) atoms. The van der Waals surface area contributed by atoms with Crippen LogP contribution in [0.1, 0.15) is 97.3 Å². The number of nitrogens with zero attached hydrogens (tertiary/aromatic N) is 2. The summed E-state index contributed by atoms with van der Waals surface area (Å²) in [6, 6.07) is 1.96. The minimum atomic E-state index is 0. The summed E-state index contributed by atoms with van der Waals surface area (Å²) in [6.45, 7) is 11.5. The molecule has 0 spiro atoms. The van der Waals surface area contributed by atoms with Gasteiger partial charge < -0.3 is 56.9 Å². The molecule has 0 amide bonds. The minimum Gasteiger partial charge on any atom is -1.00 e. The molecule has 0 aromatic carbocycles. The molecule has 0 N–H and O–H groups in total. The van der Waals surface area contributed by atoms with E-state index < -0.39 is 0 Å². The second kappa shape index (κ2) is 9.60. The highest BCUT2D eigenvalue weighted by Gasteiger charge is 2.64. The van der Waals surface area contributed by atoms with Crippen molar-refractivity contribution in [1.82, 2.24) is 0 Å². The zero-order valence-corrected chi connectivity index (χ0v) is 26.5. The Morgan fingerprint density at radius 2 is 1.18 bits per heavy atom. The molecule has 0 aromatic rings. The van der Waals surface area contributed by atoms with Crippen LogP contribution in [0, 0.1) is 34.5 Å². The van der Waals surface area contributed by atoms with Crippen LogP contribution in [-0.4, -0.2) is 61.3 Å². The lowest BCUT2D eigenvalue weighted by molar-refractivity contribution is -0.928. The van der Waals surface area contributed by atoms with Crippen molar-refractivity contribution in [3.05, 3.63) is 0 Å². The lowest BCUT2D eigenvalue weighted by Crippen LogP contribution is -3.00. The molecule has 2 aliphatic heterocycles. The average Bonchev–Trinajstić information content (AvgIpc) is 3.46. The molecule has 2 heterocycles. The summed E-state index contributed by atoms with van der Waals surface area (Å²) in [7, 11) is 5.25. The maximum Gasteiger partial charge on any atom is 0.0945 e. The Bertz CT molecular complexity index is 700. The molecule has 6 fully saturated rings. The molecule has 192 valence electrons. The van der Waals surface area contributed by atoms with E-state index in [0.29, 0.717) is 10.8 Å². The highest BCUT2D eigenvalue weighted by atomic mass is 127. The fourth-order valence-corrected chi connectivity index (χ4v) is 11.6. The fraction of sp³-hybridized carbons (Fsp3) is 1.00. The van der Waals surface area contributed by atoms with Gasteiger partial charge in [-0.3, -0.25) is 0 Å². The van der Waals surface area contributed by atoms with Crippen LogP contribution in [0.25, 0.3) is 0 Å². The van der Waals surface area contributed by atoms with E-state index in [0.717, 1.165) is 35.8 Å². The van der Waals surface area contributed by atoms with Crippen molar-refractivity contribution in [2.75, 3.05) is 40.3 Å². The monoisotopic (exact) mass is 682 g/mol. The SMILES string of the molecule is C[C@]12CC[C@@H]([N+]3(C)CCCC3)C[C@@H]1CC[C@@H]1[C@@H]2CC[C@@]2(C)[C@H]1CC[C@@H]2[N+]1(C)CCCC1.[I-].[I-]. The van der Waals surface area contributed by atoms with Gasteiger partial charge in [-0.25, -0.2) is 0 Å². The summed E-state index contributed by atoms with van der Waals surface area (Å²) in [4.78, 5) is 0. The van der Waals surface area contributed by atoms with Crippen molar-refractivity contribution in [3.63, 3.8) is 0 Å². The zero-order chi connectivity index (χ0) is 21.5. The van der Waals surface area contributed by atoms with Crippen LogP contribution < -0.4 is 48.0 Å². The van der Waals surface area contributed by atoms with Gasteiger partial charge >= 0.3 is 0 Å². The molecule has 0 unspecified atom stereocenters. The molecule has 0 bridgehead atoms. The third-order valence-corrected chi connectivity index (χ3v) is 13.4. The number of rotatable bonds is 2. The van der Waals surface area contributed by atoms with Gasteiger partial charge in [0, 0.05) is 43.9 Å². The first kappa shape index (κ1) is 27.4. The maximum atomic E-state index is 2.79. The van der Waals surface area contributed by atoms with E-state index in [1.165, 1.54) is 67.2 Å². The lowest BCUT2D eigenvalue weighted by atomic mass is 9.44. The van der Waals surface area contributed by atoms with Gasteiger partial charge in [0.05, 0.1) is 52.4 Å². The van der Waals surface area contributed by atoms with Crippen LogP contribution in [-0.2, 0) is 0 Å². The molecule has 2 saturated heterocycles.